The molecule has 60 heavy (non-hydrogen) atoms. The van der Waals surface area contributed by atoms with Crippen molar-refractivity contribution in [3.63, 3.8) is 0 Å². The molecule has 2 saturated heterocycles. The van der Waals surface area contributed by atoms with E-state index in [9.17, 15) is 29.1 Å². The van der Waals surface area contributed by atoms with E-state index in [4.69, 9.17) is 40.4 Å². The molecule has 3 heterocycles. The fourth-order valence-electron chi connectivity index (χ4n) is 7.33. The standard InChI is InChI=1S/C42H60ClN3O12S2/c1-24-13-11-14-31(55-10)42(53)23-30(56-39(52)44-42)25(2)37-41(6,58-37)32(22-34(48)46(8)28-20-27(19-24)21-29(54-9)36(28)43)57-38(51)26(3)45(7)33(47)16-17-40(4,5)60-59-18-12-15-35(49)50/h11,13-14,20-21,25-26,30-32,37,53H,12,15-19,22-23H2,1-10H3,(H,44,52)(H,49,50)/b14-11-,24-13-/t25-,26+,30+,31-,32+,37+,41+,42+/m1/s1. The van der Waals surface area contributed by atoms with Gasteiger partial charge in [-0.05, 0) is 71.6 Å². The fourth-order valence-corrected chi connectivity index (χ4v) is 10.3. The minimum atomic E-state index is -1.85. The number of ether oxygens (including phenoxy) is 5. The summed E-state index contributed by atoms with van der Waals surface area (Å²) in [5.74, 6) is -1.85. The van der Waals surface area contributed by atoms with Gasteiger partial charge in [0.05, 0.1) is 25.3 Å². The number of carboxylic acid groups (broad SMARTS) is 1. The Labute approximate surface area is 365 Å². The molecule has 4 bridgehead atoms. The summed E-state index contributed by atoms with van der Waals surface area (Å²) in [6.07, 6.45) is 2.04. The average Bonchev–Trinajstić information content (AvgIpc) is 3.88. The number of fused-ring (bicyclic) bond motifs is 5. The van der Waals surface area contributed by atoms with Crippen LogP contribution >= 0.6 is 33.2 Å². The van der Waals surface area contributed by atoms with Crippen LogP contribution < -0.4 is 15.0 Å². The van der Waals surface area contributed by atoms with E-state index in [1.807, 2.05) is 26.8 Å². The smallest absolute Gasteiger partial charge is 0.409 e. The van der Waals surface area contributed by atoms with Gasteiger partial charge in [-0.25, -0.2) is 9.59 Å². The average molecular weight is 899 g/mol. The molecule has 3 aliphatic heterocycles. The van der Waals surface area contributed by atoms with Crippen molar-refractivity contribution in [1.82, 2.24) is 10.2 Å². The van der Waals surface area contributed by atoms with Crippen molar-refractivity contribution in [2.75, 3.05) is 39.0 Å². The van der Waals surface area contributed by atoms with Crippen LogP contribution in [0, 0.1) is 5.92 Å². The number of hydrogen-bond acceptors (Lipinski definition) is 13. The zero-order valence-electron chi connectivity index (χ0n) is 36.1. The Morgan fingerprint density at radius 1 is 1.20 bits per heavy atom. The Morgan fingerprint density at radius 2 is 1.90 bits per heavy atom. The second-order valence-electron chi connectivity index (χ2n) is 16.6. The van der Waals surface area contributed by atoms with E-state index in [2.05, 4.69) is 5.32 Å². The number of aliphatic carboxylic acids is 1. The highest BCUT2D eigenvalue weighted by Crippen LogP contribution is 2.49. The molecule has 334 valence electrons. The molecule has 1 aromatic rings. The quantitative estimate of drug-likeness (QED) is 0.0813. The molecule has 8 atom stereocenters. The van der Waals surface area contributed by atoms with Gasteiger partial charge in [0, 0.05) is 56.9 Å². The molecule has 0 spiro atoms. The summed E-state index contributed by atoms with van der Waals surface area (Å²) in [5.41, 5.74) is -1.01. The number of benzene rings is 1. The first-order chi connectivity index (χ1) is 28.0. The van der Waals surface area contributed by atoms with Crippen LogP contribution in [0.25, 0.3) is 0 Å². The number of likely N-dealkylation sites (N-methyl/N-ethyl adjacent to an activating group) is 1. The summed E-state index contributed by atoms with van der Waals surface area (Å²) in [5, 5.41) is 23.4. The van der Waals surface area contributed by atoms with E-state index in [-0.39, 0.29) is 41.4 Å². The Morgan fingerprint density at radius 3 is 2.55 bits per heavy atom. The lowest BCUT2D eigenvalue weighted by atomic mass is 9.83. The molecule has 15 nitrogen and oxygen atoms in total. The molecule has 0 aromatic heterocycles. The zero-order valence-corrected chi connectivity index (χ0v) is 38.5. The van der Waals surface area contributed by atoms with Gasteiger partial charge in [0.1, 0.15) is 40.7 Å². The predicted molar refractivity (Wildman–Crippen MR) is 231 cm³/mol. The lowest BCUT2D eigenvalue weighted by Crippen LogP contribution is -2.63. The number of hydrogen-bond donors (Lipinski definition) is 3. The second-order valence-corrected chi connectivity index (χ2v) is 20.1. The van der Waals surface area contributed by atoms with Gasteiger partial charge in [-0.2, -0.15) is 0 Å². The van der Waals surface area contributed by atoms with Gasteiger partial charge in [-0.3, -0.25) is 19.7 Å². The van der Waals surface area contributed by atoms with E-state index < -0.39 is 71.6 Å². The first-order valence-electron chi connectivity index (χ1n) is 19.9. The third-order valence-corrected chi connectivity index (χ3v) is 15.2. The van der Waals surface area contributed by atoms with Crippen molar-refractivity contribution in [3.8, 4) is 5.75 Å². The van der Waals surface area contributed by atoms with Crippen LogP contribution in [0.15, 0.2) is 35.9 Å². The normalized spacial score (nSPS) is 29.2. The second kappa shape index (κ2) is 20.6. The maximum absolute atomic E-state index is 14.3. The minimum Gasteiger partial charge on any atom is -0.495 e. The van der Waals surface area contributed by atoms with Gasteiger partial charge in [0.2, 0.25) is 11.8 Å². The molecule has 0 aliphatic carbocycles. The first-order valence-corrected chi connectivity index (χ1v) is 22.6. The van der Waals surface area contributed by atoms with E-state index in [1.54, 1.807) is 73.7 Å². The van der Waals surface area contributed by atoms with Crippen LogP contribution in [0.4, 0.5) is 10.5 Å². The van der Waals surface area contributed by atoms with Gasteiger partial charge in [-0.15, -0.1) is 0 Å². The summed E-state index contributed by atoms with van der Waals surface area (Å²) < 4.78 is 29.1. The highest BCUT2D eigenvalue weighted by Gasteiger charge is 2.64. The molecule has 2 fully saturated rings. The lowest BCUT2D eigenvalue weighted by Gasteiger charge is -2.42. The van der Waals surface area contributed by atoms with E-state index in [0.29, 0.717) is 36.5 Å². The number of anilines is 1. The fraction of sp³-hybridized carbons (Fsp3) is 0.643. The van der Waals surface area contributed by atoms with Crippen LogP contribution in [0.2, 0.25) is 5.02 Å². The van der Waals surface area contributed by atoms with E-state index >= 15 is 0 Å². The lowest BCUT2D eigenvalue weighted by molar-refractivity contribution is -0.162. The van der Waals surface area contributed by atoms with Gasteiger partial charge >= 0.3 is 18.0 Å². The van der Waals surface area contributed by atoms with Crippen LogP contribution in [0.3, 0.4) is 0 Å². The van der Waals surface area contributed by atoms with Crippen molar-refractivity contribution in [3.05, 3.63) is 46.5 Å². The first kappa shape index (κ1) is 49.2. The number of halogens is 1. The van der Waals surface area contributed by atoms with Crippen LogP contribution in [0.1, 0.15) is 85.6 Å². The SMILES string of the molecule is COc1cc2cc(c1Cl)N(C)C(=O)C[C@H](OC(=O)[C@H](C)N(C)C(=O)CCC(C)(C)SSCCCC(=O)O)[C@]1(C)O[C@H]1[C@H](C)[C@@H]1C[C@@](O)(NC(=O)O1)[C@H](OC)/C=C\C=C(\C)C2. The molecule has 4 rings (SSSR count). The van der Waals surface area contributed by atoms with Gasteiger partial charge in [0.15, 0.2) is 5.72 Å². The summed E-state index contributed by atoms with van der Waals surface area (Å²) in [6.45, 7) is 11.0. The molecule has 0 unspecified atom stereocenters. The van der Waals surface area contributed by atoms with Crippen LogP contribution in [0.5, 0.6) is 5.75 Å². The monoisotopic (exact) mass is 897 g/mol. The molecule has 3 N–H and O–H groups in total. The molecular weight excluding hydrogens is 838 g/mol. The van der Waals surface area contributed by atoms with Crippen LogP contribution in [-0.4, -0.2) is 126 Å². The summed E-state index contributed by atoms with van der Waals surface area (Å²) >= 11 is 6.79. The number of carboxylic acids is 1. The molecule has 3 aliphatic rings. The number of epoxide rings is 1. The number of rotatable bonds is 14. The molecule has 18 heteroatoms. The number of nitrogens with one attached hydrogen (secondary N) is 1. The van der Waals surface area contributed by atoms with Crippen molar-refractivity contribution in [2.24, 2.45) is 5.92 Å². The van der Waals surface area contributed by atoms with Crippen molar-refractivity contribution in [1.29, 1.82) is 0 Å². The van der Waals surface area contributed by atoms with Crippen molar-refractivity contribution < 1.29 is 57.9 Å². The van der Waals surface area contributed by atoms with Gasteiger partial charge in [-0.1, -0.05) is 63.9 Å². The molecule has 3 amide bonds. The Kier molecular flexibility index (Phi) is 16.9. The third-order valence-electron chi connectivity index (χ3n) is 11.4. The predicted octanol–water partition coefficient (Wildman–Crippen LogP) is 6.32. The number of methoxy groups -OCH3 is 2. The van der Waals surface area contributed by atoms with Crippen LogP contribution in [-0.2, 0) is 44.5 Å². The van der Waals surface area contributed by atoms with E-state index in [0.717, 1.165) is 11.1 Å². The third kappa shape index (κ3) is 12.3. The number of aliphatic hydroxyl groups is 1. The zero-order chi connectivity index (χ0) is 44.7. The number of carbonyl (C=O) groups is 5. The molecular formula is C42H60ClN3O12S2. The van der Waals surface area contributed by atoms with Gasteiger partial charge in [0.25, 0.3) is 0 Å². The summed E-state index contributed by atoms with van der Waals surface area (Å²) in [4.78, 5) is 68.1. The number of alkyl carbamates (subject to hydrolysis) is 1. The Balaban J connectivity index is 1.62. The minimum absolute atomic E-state index is 0.0691. The topological polar surface area (TPSA) is 194 Å². The maximum atomic E-state index is 14.3. The Hall–Kier alpha value is -3.48. The number of carbonyl (C=O) groups excluding carboxylic acids is 4. The largest absolute Gasteiger partial charge is 0.495 e. The Bertz CT molecular complexity index is 1830. The maximum Gasteiger partial charge on any atom is 0.409 e. The highest BCUT2D eigenvalue weighted by molar-refractivity contribution is 8.77. The summed E-state index contributed by atoms with van der Waals surface area (Å²) in [7, 11) is 9.15. The number of amides is 3. The number of allylic oxidation sites excluding steroid dienone is 3. The van der Waals surface area contributed by atoms with Crippen molar-refractivity contribution in [2.45, 2.75) is 133 Å². The summed E-state index contributed by atoms with van der Waals surface area (Å²) in [6, 6.07) is 2.54. The molecule has 0 radical (unpaired) electrons. The van der Waals surface area contributed by atoms with E-state index in [1.165, 1.54) is 31.1 Å². The van der Waals surface area contributed by atoms with Crippen molar-refractivity contribution >= 4 is 68.7 Å². The number of nitrogens with zero attached hydrogens (tertiary/aromatic N) is 2. The highest BCUT2D eigenvalue weighted by atomic mass is 35.5. The molecule has 0 saturated carbocycles. The van der Waals surface area contributed by atoms with Gasteiger partial charge < -0.3 is 43.7 Å². The molecule has 1 aromatic carbocycles. The number of esters is 1.